The average molecular weight is 383 g/mol. The number of amides is 2. The van der Waals surface area contributed by atoms with Crippen LogP contribution in [0.15, 0.2) is 54.9 Å². The molecule has 1 aromatic carbocycles. The van der Waals surface area contributed by atoms with E-state index in [2.05, 4.69) is 4.98 Å². The topological polar surface area (TPSA) is 94.0 Å². The van der Waals surface area contributed by atoms with Crippen LogP contribution in [0.25, 0.3) is 0 Å². The fourth-order valence-electron chi connectivity index (χ4n) is 3.64. The standard InChI is InChI=1S/C21H25N3O4/c1-23-20(16-8-3-2-4-9-16)24(18(25)10-5-11-19(26)27)17(21(23)28)13-15-7-6-12-22-14-15/h2-4,6-9,12,14,17,19-20,26-27H,5,10-11,13H2,1H3. The molecular weight excluding hydrogens is 358 g/mol. The normalized spacial score (nSPS) is 19.5. The first-order valence-electron chi connectivity index (χ1n) is 9.37. The summed E-state index contributed by atoms with van der Waals surface area (Å²) in [6.45, 7) is 0. The van der Waals surface area contributed by atoms with Crippen molar-refractivity contribution in [1.82, 2.24) is 14.8 Å². The van der Waals surface area contributed by atoms with Gasteiger partial charge in [-0.2, -0.15) is 0 Å². The molecule has 0 spiro atoms. The summed E-state index contributed by atoms with van der Waals surface area (Å²) in [7, 11) is 1.71. The number of likely N-dealkylation sites (N-methyl/N-ethyl adjacent to an activating group) is 1. The summed E-state index contributed by atoms with van der Waals surface area (Å²) < 4.78 is 0. The highest BCUT2D eigenvalue weighted by Gasteiger charge is 2.46. The second-order valence-corrected chi connectivity index (χ2v) is 6.99. The van der Waals surface area contributed by atoms with Gasteiger partial charge in [0, 0.05) is 32.3 Å². The Morgan fingerprint density at radius 2 is 1.93 bits per heavy atom. The largest absolute Gasteiger partial charge is 0.368 e. The van der Waals surface area contributed by atoms with Crippen LogP contribution in [-0.2, 0) is 16.0 Å². The predicted molar refractivity (Wildman–Crippen MR) is 103 cm³/mol. The number of nitrogens with zero attached hydrogens (tertiary/aromatic N) is 3. The second kappa shape index (κ2) is 8.95. The molecule has 1 aromatic heterocycles. The number of rotatable bonds is 7. The van der Waals surface area contributed by atoms with Crippen LogP contribution in [0.3, 0.4) is 0 Å². The van der Waals surface area contributed by atoms with E-state index < -0.39 is 18.5 Å². The number of hydrogen-bond donors (Lipinski definition) is 2. The van der Waals surface area contributed by atoms with Crippen LogP contribution < -0.4 is 0 Å². The van der Waals surface area contributed by atoms with Crippen molar-refractivity contribution in [3.05, 3.63) is 66.0 Å². The molecule has 2 N–H and O–H groups in total. The Balaban J connectivity index is 1.89. The lowest BCUT2D eigenvalue weighted by molar-refractivity contribution is -0.137. The van der Waals surface area contributed by atoms with E-state index in [-0.39, 0.29) is 24.7 Å². The Kier molecular flexibility index (Phi) is 6.38. The van der Waals surface area contributed by atoms with Crippen LogP contribution >= 0.6 is 0 Å². The number of pyridine rings is 1. The van der Waals surface area contributed by atoms with Crippen molar-refractivity contribution in [3.8, 4) is 0 Å². The Labute approximate surface area is 164 Å². The first-order valence-corrected chi connectivity index (χ1v) is 9.37. The Morgan fingerprint density at radius 3 is 2.57 bits per heavy atom. The van der Waals surface area contributed by atoms with E-state index in [1.54, 1.807) is 29.2 Å². The molecule has 28 heavy (non-hydrogen) atoms. The number of carbonyl (C=O) groups excluding carboxylic acids is 2. The van der Waals surface area contributed by atoms with Gasteiger partial charge in [0.15, 0.2) is 6.29 Å². The Morgan fingerprint density at radius 1 is 1.18 bits per heavy atom. The molecule has 1 saturated heterocycles. The molecule has 2 heterocycles. The van der Waals surface area contributed by atoms with E-state index >= 15 is 0 Å². The van der Waals surface area contributed by atoms with Gasteiger partial charge in [-0.1, -0.05) is 36.4 Å². The fraction of sp³-hybridized carbons (Fsp3) is 0.381. The lowest BCUT2D eigenvalue weighted by atomic mass is 10.0. The Hall–Kier alpha value is -2.77. The van der Waals surface area contributed by atoms with Crippen molar-refractivity contribution in [2.45, 2.75) is 44.2 Å². The highest BCUT2D eigenvalue weighted by Crippen LogP contribution is 2.35. The summed E-state index contributed by atoms with van der Waals surface area (Å²) in [4.78, 5) is 33.4. The molecule has 1 fully saturated rings. The van der Waals surface area contributed by atoms with Gasteiger partial charge in [-0.15, -0.1) is 0 Å². The molecule has 148 valence electrons. The van der Waals surface area contributed by atoms with Gasteiger partial charge in [-0.05, 0) is 30.0 Å². The van der Waals surface area contributed by atoms with Crippen molar-refractivity contribution in [2.24, 2.45) is 0 Å². The molecule has 0 aliphatic carbocycles. The van der Waals surface area contributed by atoms with Crippen molar-refractivity contribution in [1.29, 1.82) is 0 Å². The molecule has 0 bridgehead atoms. The minimum atomic E-state index is -1.44. The van der Waals surface area contributed by atoms with Gasteiger partial charge in [-0.3, -0.25) is 14.6 Å². The van der Waals surface area contributed by atoms with E-state index in [0.717, 1.165) is 11.1 Å². The molecule has 2 unspecified atom stereocenters. The van der Waals surface area contributed by atoms with E-state index in [1.165, 1.54) is 0 Å². The maximum absolute atomic E-state index is 13.1. The van der Waals surface area contributed by atoms with Gasteiger partial charge in [0.2, 0.25) is 11.8 Å². The van der Waals surface area contributed by atoms with Crippen LogP contribution in [0, 0.1) is 0 Å². The van der Waals surface area contributed by atoms with Gasteiger partial charge >= 0.3 is 0 Å². The third-order valence-electron chi connectivity index (χ3n) is 4.99. The summed E-state index contributed by atoms with van der Waals surface area (Å²) in [5.41, 5.74) is 1.74. The molecule has 0 saturated carbocycles. The summed E-state index contributed by atoms with van der Waals surface area (Å²) in [6.07, 6.45) is 2.43. The molecule has 2 aromatic rings. The molecule has 2 atom stereocenters. The van der Waals surface area contributed by atoms with Crippen molar-refractivity contribution in [2.75, 3.05) is 7.05 Å². The Bertz CT molecular complexity index is 798. The number of aromatic nitrogens is 1. The van der Waals surface area contributed by atoms with Crippen LogP contribution in [0.5, 0.6) is 0 Å². The number of hydrogen-bond acceptors (Lipinski definition) is 5. The monoisotopic (exact) mass is 383 g/mol. The van der Waals surface area contributed by atoms with Crippen LogP contribution in [-0.4, -0.2) is 56.2 Å². The zero-order valence-electron chi connectivity index (χ0n) is 15.8. The van der Waals surface area contributed by atoms with Gasteiger partial charge < -0.3 is 20.0 Å². The molecule has 7 nitrogen and oxygen atoms in total. The second-order valence-electron chi connectivity index (χ2n) is 6.99. The van der Waals surface area contributed by atoms with Gasteiger partial charge in [0.1, 0.15) is 12.2 Å². The zero-order chi connectivity index (χ0) is 20.1. The van der Waals surface area contributed by atoms with Crippen molar-refractivity contribution >= 4 is 11.8 Å². The first kappa shape index (κ1) is 20.0. The molecular formula is C21H25N3O4. The molecule has 3 rings (SSSR count). The maximum atomic E-state index is 13.1. The molecule has 2 amide bonds. The van der Waals surface area contributed by atoms with E-state index in [1.807, 2.05) is 42.5 Å². The van der Waals surface area contributed by atoms with Gasteiger partial charge in [0.25, 0.3) is 0 Å². The maximum Gasteiger partial charge on any atom is 0.247 e. The minimum Gasteiger partial charge on any atom is -0.368 e. The third kappa shape index (κ3) is 4.37. The number of aliphatic hydroxyl groups is 2. The molecule has 0 radical (unpaired) electrons. The summed E-state index contributed by atoms with van der Waals surface area (Å²) in [5.74, 6) is -0.297. The minimum absolute atomic E-state index is 0.117. The lowest BCUT2D eigenvalue weighted by Crippen LogP contribution is -2.41. The molecule has 1 aliphatic heterocycles. The smallest absolute Gasteiger partial charge is 0.247 e. The SMILES string of the molecule is CN1C(=O)C(Cc2cccnc2)N(C(=O)CCCC(O)O)C1c1ccccc1. The van der Waals surface area contributed by atoms with Crippen LogP contribution in [0.2, 0.25) is 0 Å². The van der Waals surface area contributed by atoms with Crippen molar-refractivity contribution in [3.63, 3.8) is 0 Å². The molecule has 7 heteroatoms. The predicted octanol–water partition coefficient (Wildman–Crippen LogP) is 1.47. The summed E-state index contributed by atoms with van der Waals surface area (Å²) in [5, 5.41) is 18.1. The van der Waals surface area contributed by atoms with E-state index in [9.17, 15) is 9.59 Å². The summed E-state index contributed by atoms with van der Waals surface area (Å²) in [6, 6.07) is 12.5. The highest BCUT2D eigenvalue weighted by atomic mass is 16.5. The number of aliphatic hydroxyl groups excluding tert-OH is 1. The highest BCUT2D eigenvalue weighted by molar-refractivity contribution is 5.91. The van der Waals surface area contributed by atoms with Crippen LogP contribution in [0.4, 0.5) is 0 Å². The lowest BCUT2D eigenvalue weighted by Gasteiger charge is -2.30. The average Bonchev–Trinajstić information content (AvgIpc) is 2.94. The van der Waals surface area contributed by atoms with E-state index in [4.69, 9.17) is 10.2 Å². The zero-order valence-corrected chi connectivity index (χ0v) is 15.8. The quantitative estimate of drug-likeness (QED) is 0.706. The van der Waals surface area contributed by atoms with Gasteiger partial charge in [-0.25, -0.2) is 0 Å². The number of carbonyl (C=O) groups is 2. The van der Waals surface area contributed by atoms with Crippen LogP contribution in [0.1, 0.15) is 36.6 Å². The fourth-order valence-corrected chi connectivity index (χ4v) is 3.64. The third-order valence-corrected chi connectivity index (χ3v) is 4.99. The van der Waals surface area contributed by atoms with E-state index in [0.29, 0.717) is 12.8 Å². The molecule has 1 aliphatic rings. The number of benzene rings is 1. The van der Waals surface area contributed by atoms with Gasteiger partial charge in [0.05, 0.1) is 0 Å². The first-order chi connectivity index (χ1) is 13.5. The van der Waals surface area contributed by atoms with Crippen molar-refractivity contribution < 1.29 is 19.8 Å². The summed E-state index contributed by atoms with van der Waals surface area (Å²) >= 11 is 0.